The number of amides is 2. The maximum atomic E-state index is 12.6. The highest BCUT2D eigenvalue weighted by molar-refractivity contribution is 6.34. The monoisotopic (exact) mass is 288 g/mol. The average Bonchev–Trinajstić information content (AvgIpc) is 2.79. The number of aromatic nitrogens is 1. The highest BCUT2D eigenvalue weighted by Crippen LogP contribution is 2.31. The Morgan fingerprint density at radius 3 is 2.14 bits per heavy atom. The minimum atomic E-state index is -0.291. The van der Waals surface area contributed by atoms with E-state index < -0.39 is 0 Å². The molecule has 0 unspecified atom stereocenters. The molecule has 22 heavy (non-hydrogen) atoms. The Balaban J connectivity index is 1.92. The van der Waals surface area contributed by atoms with Crippen molar-refractivity contribution < 1.29 is 9.59 Å². The van der Waals surface area contributed by atoms with Crippen molar-refractivity contribution in [2.24, 2.45) is 0 Å². The summed E-state index contributed by atoms with van der Waals surface area (Å²) in [5.74, 6) is -0.582. The molecule has 0 saturated carbocycles. The number of para-hydroxylation sites is 1. The lowest BCUT2D eigenvalue weighted by Crippen LogP contribution is -2.30. The van der Waals surface area contributed by atoms with Gasteiger partial charge in [0.1, 0.15) is 0 Å². The number of benzene rings is 2. The van der Waals surface area contributed by atoms with Gasteiger partial charge in [0.2, 0.25) is 0 Å². The zero-order valence-electron chi connectivity index (χ0n) is 11.9. The van der Waals surface area contributed by atoms with Gasteiger partial charge in [0.15, 0.2) is 0 Å². The Labute approximate surface area is 127 Å². The van der Waals surface area contributed by atoms with Crippen LogP contribution < -0.4 is 4.90 Å². The molecule has 4 nitrogen and oxygen atoms in total. The highest BCUT2D eigenvalue weighted by Gasteiger charge is 2.37. The Bertz CT molecular complexity index is 912. The van der Waals surface area contributed by atoms with Crippen molar-refractivity contribution >= 4 is 28.4 Å². The van der Waals surface area contributed by atoms with Crippen molar-refractivity contribution in [2.75, 3.05) is 4.90 Å². The average molecular weight is 288 g/mol. The van der Waals surface area contributed by atoms with E-state index >= 15 is 0 Å². The van der Waals surface area contributed by atoms with Crippen molar-refractivity contribution in [2.45, 2.75) is 6.92 Å². The molecule has 0 aliphatic carbocycles. The molecule has 106 valence electrons. The van der Waals surface area contributed by atoms with Crippen LogP contribution in [0.2, 0.25) is 0 Å². The Hall–Kier alpha value is -3.01. The topological polar surface area (TPSA) is 50.3 Å². The van der Waals surface area contributed by atoms with Crippen LogP contribution in [0.4, 0.5) is 5.69 Å². The van der Waals surface area contributed by atoms with E-state index in [1.165, 1.54) is 4.90 Å². The molecule has 2 amide bonds. The van der Waals surface area contributed by atoms with Crippen molar-refractivity contribution in [1.82, 2.24) is 4.98 Å². The number of imide groups is 1. The Morgan fingerprint density at radius 2 is 1.45 bits per heavy atom. The SMILES string of the molecule is Cc1nc2ccccc2cc1N1C(=O)c2ccccc2C1=O. The number of carbonyl (C=O) groups excluding carboxylic acids is 2. The third-order valence-corrected chi connectivity index (χ3v) is 3.92. The summed E-state index contributed by atoms with van der Waals surface area (Å²) in [4.78, 5) is 30.9. The number of rotatable bonds is 1. The molecule has 0 fully saturated rings. The summed E-state index contributed by atoms with van der Waals surface area (Å²) in [5, 5.41) is 0.902. The summed E-state index contributed by atoms with van der Waals surface area (Å²) in [6.07, 6.45) is 0. The lowest BCUT2D eigenvalue weighted by molar-refractivity contribution is 0.0926. The first-order chi connectivity index (χ1) is 10.7. The molecule has 2 heterocycles. The normalized spacial score (nSPS) is 13.8. The molecular formula is C18H12N2O2. The molecule has 0 N–H and O–H groups in total. The number of hydrogen-bond acceptors (Lipinski definition) is 3. The first-order valence-corrected chi connectivity index (χ1v) is 7.01. The standard InChI is InChI=1S/C18H12N2O2/c1-11-16(10-12-6-2-5-9-15(12)19-11)20-17(21)13-7-3-4-8-14(13)18(20)22/h2-10H,1H3. The van der Waals surface area contributed by atoms with Crippen LogP contribution in [0.25, 0.3) is 10.9 Å². The molecule has 2 aromatic carbocycles. The molecule has 1 aliphatic rings. The van der Waals surface area contributed by atoms with Crippen molar-refractivity contribution in [3.63, 3.8) is 0 Å². The summed E-state index contributed by atoms with van der Waals surface area (Å²) in [5.41, 5.74) is 2.94. The number of anilines is 1. The van der Waals surface area contributed by atoms with Gasteiger partial charge in [-0.05, 0) is 31.2 Å². The van der Waals surface area contributed by atoms with Crippen LogP contribution in [-0.4, -0.2) is 16.8 Å². The summed E-state index contributed by atoms with van der Waals surface area (Å²) in [7, 11) is 0. The predicted molar refractivity (Wildman–Crippen MR) is 84.1 cm³/mol. The fraction of sp³-hybridized carbons (Fsp3) is 0.0556. The fourth-order valence-corrected chi connectivity index (χ4v) is 2.84. The number of fused-ring (bicyclic) bond motifs is 2. The molecule has 0 atom stereocenters. The van der Waals surface area contributed by atoms with E-state index in [0.717, 1.165) is 10.9 Å². The number of aryl methyl sites for hydroxylation is 1. The molecule has 4 heteroatoms. The van der Waals surface area contributed by atoms with Crippen LogP contribution in [0, 0.1) is 6.92 Å². The van der Waals surface area contributed by atoms with Crippen molar-refractivity contribution in [3.8, 4) is 0 Å². The maximum absolute atomic E-state index is 12.6. The maximum Gasteiger partial charge on any atom is 0.266 e. The lowest BCUT2D eigenvalue weighted by Gasteiger charge is -2.16. The quantitative estimate of drug-likeness (QED) is 0.645. The summed E-state index contributed by atoms with van der Waals surface area (Å²) < 4.78 is 0. The van der Waals surface area contributed by atoms with Crippen LogP contribution in [0.5, 0.6) is 0 Å². The zero-order valence-corrected chi connectivity index (χ0v) is 11.9. The molecule has 3 aromatic rings. The smallest absolute Gasteiger partial charge is 0.266 e. The number of nitrogens with zero attached hydrogens (tertiary/aromatic N) is 2. The second-order valence-electron chi connectivity index (χ2n) is 5.28. The molecule has 0 spiro atoms. The number of carbonyl (C=O) groups is 2. The van der Waals surface area contributed by atoms with Gasteiger partial charge in [-0.25, -0.2) is 4.90 Å². The molecular weight excluding hydrogens is 276 g/mol. The summed E-state index contributed by atoms with van der Waals surface area (Å²) in [6, 6.07) is 16.4. The molecule has 0 bridgehead atoms. The Kier molecular flexibility index (Phi) is 2.60. The second-order valence-corrected chi connectivity index (χ2v) is 5.28. The molecule has 1 aromatic heterocycles. The van der Waals surface area contributed by atoms with Gasteiger partial charge in [-0.1, -0.05) is 30.3 Å². The fourth-order valence-electron chi connectivity index (χ4n) is 2.84. The van der Waals surface area contributed by atoms with Gasteiger partial charge in [0, 0.05) is 5.39 Å². The Morgan fingerprint density at radius 1 is 0.864 bits per heavy atom. The summed E-state index contributed by atoms with van der Waals surface area (Å²) in [6.45, 7) is 1.81. The van der Waals surface area contributed by atoms with Crippen LogP contribution in [0.15, 0.2) is 54.6 Å². The summed E-state index contributed by atoms with van der Waals surface area (Å²) >= 11 is 0. The van der Waals surface area contributed by atoms with Crippen molar-refractivity contribution in [1.29, 1.82) is 0 Å². The van der Waals surface area contributed by atoms with Gasteiger partial charge in [-0.15, -0.1) is 0 Å². The predicted octanol–water partition coefficient (Wildman–Crippen LogP) is 3.34. The number of hydrogen-bond donors (Lipinski definition) is 0. The first kappa shape index (κ1) is 12.7. The highest BCUT2D eigenvalue weighted by atomic mass is 16.2. The van der Waals surface area contributed by atoms with Gasteiger partial charge in [-0.2, -0.15) is 0 Å². The molecule has 0 saturated heterocycles. The van der Waals surface area contributed by atoms with E-state index in [0.29, 0.717) is 22.5 Å². The number of pyridine rings is 1. The minimum Gasteiger partial charge on any atom is -0.268 e. The van der Waals surface area contributed by atoms with E-state index in [4.69, 9.17) is 0 Å². The van der Waals surface area contributed by atoms with E-state index in [-0.39, 0.29) is 11.8 Å². The first-order valence-electron chi connectivity index (χ1n) is 7.01. The lowest BCUT2D eigenvalue weighted by atomic mass is 10.1. The minimum absolute atomic E-state index is 0.291. The molecule has 4 rings (SSSR count). The van der Waals surface area contributed by atoms with Gasteiger partial charge >= 0.3 is 0 Å². The van der Waals surface area contributed by atoms with E-state index in [1.807, 2.05) is 37.3 Å². The van der Waals surface area contributed by atoms with Crippen LogP contribution in [0.1, 0.15) is 26.4 Å². The third kappa shape index (κ3) is 1.67. The van der Waals surface area contributed by atoms with Crippen LogP contribution >= 0.6 is 0 Å². The van der Waals surface area contributed by atoms with Crippen molar-refractivity contribution in [3.05, 3.63) is 71.4 Å². The molecule has 0 radical (unpaired) electrons. The van der Waals surface area contributed by atoms with Gasteiger partial charge in [0.05, 0.1) is 28.0 Å². The van der Waals surface area contributed by atoms with Crippen LogP contribution in [0.3, 0.4) is 0 Å². The largest absolute Gasteiger partial charge is 0.268 e. The van der Waals surface area contributed by atoms with E-state index in [1.54, 1.807) is 24.3 Å². The van der Waals surface area contributed by atoms with Gasteiger partial charge in [0.25, 0.3) is 11.8 Å². The van der Waals surface area contributed by atoms with Gasteiger partial charge < -0.3 is 0 Å². The van der Waals surface area contributed by atoms with Gasteiger partial charge in [-0.3, -0.25) is 14.6 Å². The van der Waals surface area contributed by atoms with E-state index in [9.17, 15) is 9.59 Å². The molecule has 1 aliphatic heterocycles. The van der Waals surface area contributed by atoms with E-state index in [2.05, 4.69) is 4.98 Å². The van der Waals surface area contributed by atoms with Crippen LogP contribution in [-0.2, 0) is 0 Å². The second kappa shape index (κ2) is 4.49. The zero-order chi connectivity index (χ0) is 15.3. The third-order valence-electron chi connectivity index (χ3n) is 3.92.